The van der Waals surface area contributed by atoms with E-state index in [4.69, 9.17) is 23.7 Å². The smallest absolute Gasteiger partial charge is 0.262 e. The molecule has 0 bridgehead atoms. The molecule has 2 N–H and O–H groups in total. The van der Waals surface area contributed by atoms with Crippen molar-refractivity contribution in [2.75, 3.05) is 66.0 Å². The highest BCUT2D eigenvalue weighted by atomic mass is 79.9. The molecular weight excluding hydrogens is 806 g/mol. The number of hydrogen-bond acceptors (Lipinski definition) is 15. The van der Waals surface area contributed by atoms with Crippen LogP contribution < -0.4 is 10.6 Å². The van der Waals surface area contributed by atoms with Crippen molar-refractivity contribution >= 4 is 69.1 Å². The summed E-state index contributed by atoms with van der Waals surface area (Å²) < 4.78 is 29.4. The third kappa shape index (κ3) is 13.6. The van der Waals surface area contributed by atoms with Crippen molar-refractivity contribution in [1.29, 1.82) is 0 Å². The largest absolute Gasteiger partial charge is 0.369 e. The monoisotopic (exact) mass is 849 g/mol. The number of ether oxygens (including phenoxy) is 5. The molecule has 2 atom stereocenters. The summed E-state index contributed by atoms with van der Waals surface area (Å²) >= 11 is 3.52. The van der Waals surface area contributed by atoms with E-state index in [2.05, 4.69) is 26.6 Å². The van der Waals surface area contributed by atoms with Gasteiger partial charge in [-0.05, 0) is 25.5 Å². The normalized spacial score (nSPS) is 16.8. The van der Waals surface area contributed by atoms with E-state index in [1.807, 2.05) is 24.3 Å². The molecule has 20 heteroatoms. The van der Waals surface area contributed by atoms with Gasteiger partial charge in [0.05, 0.1) is 33.2 Å². The summed E-state index contributed by atoms with van der Waals surface area (Å²) in [5.74, 6) is -5.31. The predicted octanol–water partition coefficient (Wildman–Crippen LogP) is 0.00910. The van der Waals surface area contributed by atoms with E-state index in [1.54, 1.807) is 0 Å². The second-order valence-corrected chi connectivity index (χ2v) is 13.4. The number of hydrogen-bond donors (Lipinski definition) is 2. The zero-order valence-electron chi connectivity index (χ0n) is 30.6. The summed E-state index contributed by atoms with van der Waals surface area (Å²) in [6.45, 7) is -0.235. The summed E-state index contributed by atoms with van der Waals surface area (Å²) in [6, 6.07) is 7.42. The maximum Gasteiger partial charge on any atom is 0.262 e. The first-order chi connectivity index (χ1) is 27.0. The number of nitrogens with zero attached hydrogens (tertiary/aromatic N) is 3. The number of benzene rings is 1. The third-order valence-electron chi connectivity index (χ3n) is 8.38. The van der Waals surface area contributed by atoms with Gasteiger partial charge in [-0.2, -0.15) is 0 Å². The average molecular weight is 851 g/mol. The SMILES string of the molecule is O=C(CCN1C(=O)C=CC1=O)NCCCOC(OCCCNCOCC(COCC(=O)N1C(=O)CCC1=O)OCC(=O)N1C(=O)CCC1=O)c1ccccc1Br. The van der Waals surface area contributed by atoms with E-state index in [0.29, 0.717) is 42.3 Å². The Balaban J connectivity index is 1.14. The van der Waals surface area contributed by atoms with Crippen LogP contribution in [0.15, 0.2) is 40.9 Å². The molecular formula is C36H44BrN5O14. The van der Waals surface area contributed by atoms with Crippen LogP contribution in [0.4, 0.5) is 0 Å². The van der Waals surface area contributed by atoms with Crippen molar-refractivity contribution in [3.05, 3.63) is 46.5 Å². The summed E-state index contributed by atoms with van der Waals surface area (Å²) in [4.78, 5) is 110. The van der Waals surface area contributed by atoms with Crippen LogP contribution in [0.5, 0.6) is 0 Å². The molecule has 0 spiro atoms. The van der Waals surface area contributed by atoms with Crippen LogP contribution in [0.25, 0.3) is 0 Å². The van der Waals surface area contributed by atoms with Gasteiger partial charge >= 0.3 is 0 Å². The number of rotatable bonds is 25. The number of imide groups is 7. The van der Waals surface area contributed by atoms with Gasteiger partial charge in [-0.25, -0.2) is 9.80 Å². The molecule has 1 aromatic rings. The Morgan fingerprint density at radius 3 is 1.88 bits per heavy atom. The summed E-state index contributed by atoms with van der Waals surface area (Å²) in [5, 5.41) is 5.82. The van der Waals surface area contributed by atoms with E-state index in [0.717, 1.165) is 14.9 Å². The molecule has 2 fully saturated rings. The lowest BCUT2D eigenvalue weighted by atomic mass is 10.2. The highest BCUT2D eigenvalue weighted by molar-refractivity contribution is 9.10. The average Bonchev–Trinajstić information content (AvgIpc) is 3.81. The van der Waals surface area contributed by atoms with Crippen LogP contribution in [0.3, 0.4) is 0 Å². The number of carbonyl (C=O) groups is 9. The zero-order valence-corrected chi connectivity index (χ0v) is 32.2. The maximum absolute atomic E-state index is 12.5. The van der Waals surface area contributed by atoms with Crippen molar-refractivity contribution in [3.63, 3.8) is 0 Å². The Labute approximate surface area is 330 Å². The quantitative estimate of drug-likeness (QED) is 0.0750. The molecule has 9 amide bonds. The van der Waals surface area contributed by atoms with E-state index in [9.17, 15) is 43.2 Å². The molecule has 3 heterocycles. The van der Waals surface area contributed by atoms with E-state index in [1.165, 1.54) is 12.2 Å². The highest BCUT2D eigenvalue weighted by Crippen LogP contribution is 2.27. The lowest BCUT2D eigenvalue weighted by Crippen LogP contribution is -2.41. The molecule has 1 aromatic carbocycles. The number of likely N-dealkylation sites (tertiary alicyclic amines) is 2. The number of halogens is 1. The van der Waals surface area contributed by atoms with Gasteiger partial charge in [-0.15, -0.1) is 0 Å². The first kappa shape index (κ1) is 44.1. The van der Waals surface area contributed by atoms with Gasteiger partial charge in [0.25, 0.3) is 23.6 Å². The molecule has 56 heavy (non-hydrogen) atoms. The first-order valence-corrected chi connectivity index (χ1v) is 18.8. The van der Waals surface area contributed by atoms with E-state index < -0.39 is 72.9 Å². The molecule has 0 aromatic heterocycles. The molecule has 0 aliphatic carbocycles. The van der Waals surface area contributed by atoms with Crippen LogP contribution in [0, 0.1) is 0 Å². The summed E-state index contributed by atoms with van der Waals surface area (Å²) in [7, 11) is 0. The summed E-state index contributed by atoms with van der Waals surface area (Å²) in [6.07, 6.45) is 1.47. The van der Waals surface area contributed by atoms with Gasteiger partial charge < -0.3 is 29.0 Å². The number of amides is 9. The molecule has 0 radical (unpaired) electrons. The molecule has 2 saturated heterocycles. The Hall–Kier alpha value is -4.57. The Kier molecular flexibility index (Phi) is 18.0. The Morgan fingerprint density at radius 2 is 1.27 bits per heavy atom. The Morgan fingerprint density at radius 1 is 0.714 bits per heavy atom. The van der Waals surface area contributed by atoms with Gasteiger partial charge in [0.1, 0.15) is 19.3 Å². The fourth-order valence-electron chi connectivity index (χ4n) is 5.51. The predicted molar refractivity (Wildman–Crippen MR) is 193 cm³/mol. The fraction of sp³-hybridized carbons (Fsp3) is 0.528. The standard InChI is InChI=1S/C36H44BrN5O14/c37-26-6-2-1-5-25(26)36(55-18-4-15-39-27(43)13-16-40-28(44)7-8-29(40)45)54-17-3-14-38-23-53-20-24(56-22-35(51)42-32(48)11-12-33(42)49)19-52-21-34(50)41-30(46)9-10-31(41)47/h1-2,5-8,24,36,38H,3-4,9-23H2,(H,39,43). The van der Waals surface area contributed by atoms with Crippen molar-refractivity contribution < 1.29 is 66.8 Å². The van der Waals surface area contributed by atoms with Gasteiger partial charge in [0, 0.05) is 67.4 Å². The molecule has 4 rings (SSSR count). The lowest BCUT2D eigenvalue weighted by Gasteiger charge is -2.21. The van der Waals surface area contributed by atoms with Crippen molar-refractivity contribution in [2.45, 2.75) is 57.3 Å². The van der Waals surface area contributed by atoms with Crippen LogP contribution in [-0.4, -0.2) is 140 Å². The van der Waals surface area contributed by atoms with Crippen LogP contribution in [-0.2, 0) is 66.8 Å². The molecule has 304 valence electrons. The number of nitrogens with one attached hydrogen (secondary N) is 2. The van der Waals surface area contributed by atoms with Crippen LogP contribution in [0.2, 0.25) is 0 Å². The molecule has 0 saturated carbocycles. The first-order valence-electron chi connectivity index (χ1n) is 18.0. The molecule has 3 aliphatic rings. The fourth-order valence-corrected chi connectivity index (χ4v) is 5.98. The highest BCUT2D eigenvalue weighted by Gasteiger charge is 2.36. The minimum Gasteiger partial charge on any atom is -0.369 e. The molecule has 2 unspecified atom stereocenters. The zero-order chi connectivity index (χ0) is 40.5. The topological polar surface area (TPSA) is 234 Å². The maximum atomic E-state index is 12.5. The van der Waals surface area contributed by atoms with Gasteiger partial charge in [0.2, 0.25) is 29.5 Å². The molecule has 19 nitrogen and oxygen atoms in total. The summed E-state index contributed by atoms with van der Waals surface area (Å²) in [5.41, 5.74) is 0.770. The van der Waals surface area contributed by atoms with Gasteiger partial charge in [0.15, 0.2) is 6.29 Å². The minimum atomic E-state index is -0.922. The van der Waals surface area contributed by atoms with Crippen LogP contribution in [0.1, 0.15) is 56.8 Å². The third-order valence-corrected chi connectivity index (χ3v) is 9.11. The Bertz CT molecular complexity index is 1620. The van der Waals surface area contributed by atoms with Crippen LogP contribution >= 0.6 is 15.9 Å². The van der Waals surface area contributed by atoms with E-state index >= 15 is 0 Å². The van der Waals surface area contributed by atoms with E-state index in [-0.39, 0.29) is 71.1 Å². The van der Waals surface area contributed by atoms with Crippen molar-refractivity contribution in [1.82, 2.24) is 25.3 Å². The second-order valence-electron chi connectivity index (χ2n) is 12.6. The minimum absolute atomic E-state index is 0.00293. The lowest BCUT2D eigenvalue weighted by molar-refractivity contribution is -0.158. The van der Waals surface area contributed by atoms with Crippen molar-refractivity contribution in [3.8, 4) is 0 Å². The van der Waals surface area contributed by atoms with Gasteiger partial charge in [-0.3, -0.25) is 53.4 Å². The second kappa shape index (κ2) is 22.9. The van der Waals surface area contributed by atoms with Gasteiger partial charge in [-0.1, -0.05) is 34.1 Å². The number of carbonyl (C=O) groups excluding carboxylic acids is 9. The van der Waals surface area contributed by atoms with Crippen molar-refractivity contribution in [2.24, 2.45) is 0 Å². The molecule has 3 aliphatic heterocycles.